The summed E-state index contributed by atoms with van der Waals surface area (Å²) in [6.45, 7) is 6.53. The van der Waals surface area contributed by atoms with Crippen molar-refractivity contribution in [1.29, 1.82) is 0 Å². The molecule has 1 unspecified atom stereocenters. The number of anilines is 1. The topological polar surface area (TPSA) is 145 Å². The Morgan fingerprint density at radius 2 is 1.60 bits per heavy atom. The molecule has 3 fully saturated rings. The molecule has 332 valence electrons. The summed E-state index contributed by atoms with van der Waals surface area (Å²) in [5.74, 6) is -3.94. The van der Waals surface area contributed by atoms with Gasteiger partial charge in [0.2, 0.25) is 17.7 Å². The maximum absolute atomic E-state index is 16.4. The molecule has 17 heteroatoms. The van der Waals surface area contributed by atoms with E-state index < -0.39 is 47.1 Å². The number of piperidine rings is 2. The van der Waals surface area contributed by atoms with Gasteiger partial charge in [-0.05, 0) is 93.6 Å². The minimum Gasteiger partial charge on any atom is -0.493 e. The Balaban J connectivity index is 0.808. The Kier molecular flexibility index (Phi) is 13.3. The van der Waals surface area contributed by atoms with E-state index in [-0.39, 0.29) is 63.2 Å². The molecule has 0 radical (unpaired) electrons. The zero-order valence-corrected chi connectivity index (χ0v) is 35.8. The van der Waals surface area contributed by atoms with Gasteiger partial charge in [0, 0.05) is 50.0 Å². The Bertz CT molecular complexity index is 2460. The molecule has 0 aliphatic carbocycles. The Morgan fingerprint density at radius 1 is 0.857 bits per heavy atom. The molecule has 3 saturated heterocycles. The van der Waals surface area contributed by atoms with E-state index in [4.69, 9.17) is 16.3 Å². The first-order valence-electron chi connectivity index (χ1n) is 21.8. The number of aromatic nitrogens is 2. The molecule has 4 aromatic rings. The second kappa shape index (κ2) is 19.0. The highest BCUT2D eigenvalue weighted by molar-refractivity contribution is 6.34. The van der Waals surface area contributed by atoms with Gasteiger partial charge in [0.05, 0.1) is 28.3 Å². The third kappa shape index (κ3) is 8.97. The molecule has 4 aliphatic heterocycles. The molecule has 0 saturated carbocycles. The number of halogens is 4. The van der Waals surface area contributed by atoms with E-state index in [2.05, 4.69) is 20.2 Å². The van der Waals surface area contributed by atoms with Crippen molar-refractivity contribution < 1.29 is 41.9 Å². The fourth-order valence-electron chi connectivity index (χ4n) is 9.38. The van der Waals surface area contributed by atoms with Gasteiger partial charge in [-0.2, -0.15) is 0 Å². The number of unbranched alkanes of at least 4 members (excludes halogenated alkanes) is 4. The quantitative estimate of drug-likeness (QED) is 0.103. The zero-order valence-electron chi connectivity index (χ0n) is 35.1. The number of nitrogens with one attached hydrogen (secondary N) is 1. The molecule has 0 bridgehead atoms. The van der Waals surface area contributed by atoms with Gasteiger partial charge in [0.1, 0.15) is 41.1 Å². The molecule has 1 N–H and O–H groups in total. The number of nitrogens with zero attached hydrogens (tertiary/aromatic N) is 6. The standard InChI is InChI=1S/C46H49ClF3N7O6/c1-2-37(59)55-18-20-56(21-19-55)43-31-25-32(47)39(41(50)42(31)51-26-52-43)40-33(49)9-8-10-35(40)63-22-7-5-3-4-6-15-54-16-13-27(14-17-54)29-23-28(48)24-30-38(29)46(62)57(45(30)61)34-11-12-36(58)53-44(34)60/h8-10,23-27,34H,2-7,11-22H2,1H3,(H,53,58,60). The third-order valence-electron chi connectivity index (χ3n) is 12.7. The molecular formula is C46H49ClF3N7O6. The number of likely N-dealkylation sites (tertiary alicyclic amines) is 1. The van der Waals surface area contributed by atoms with Crippen LogP contribution in [0.1, 0.15) is 103 Å². The summed E-state index contributed by atoms with van der Waals surface area (Å²) in [6, 6.07) is 7.19. The number of carbonyl (C=O) groups excluding carboxylic acids is 5. The molecule has 3 aromatic carbocycles. The van der Waals surface area contributed by atoms with Crippen LogP contribution < -0.4 is 15.0 Å². The van der Waals surface area contributed by atoms with Gasteiger partial charge in [-0.1, -0.05) is 43.9 Å². The minimum atomic E-state index is -1.11. The first kappa shape index (κ1) is 44.0. The van der Waals surface area contributed by atoms with Crippen molar-refractivity contribution in [1.82, 2.24) is 30.0 Å². The first-order chi connectivity index (χ1) is 30.4. The average Bonchev–Trinajstić information content (AvgIpc) is 3.52. The summed E-state index contributed by atoms with van der Waals surface area (Å²) in [5.41, 5.74) is 0.412. The van der Waals surface area contributed by atoms with Gasteiger partial charge in [-0.25, -0.2) is 23.1 Å². The van der Waals surface area contributed by atoms with E-state index in [0.29, 0.717) is 75.2 Å². The van der Waals surface area contributed by atoms with Gasteiger partial charge < -0.3 is 19.4 Å². The van der Waals surface area contributed by atoms with Crippen LogP contribution in [0.15, 0.2) is 42.7 Å². The SMILES string of the molecule is CCC(=O)N1CCN(c2ncnc3c(F)c(-c4c(F)cccc4OCCCCCCCN4CCC(c5cc(F)cc6c5C(=O)N(C5CCC(=O)NC5=O)C6=O)CC4)c(Cl)cc23)CC1. The molecule has 4 aliphatic rings. The summed E-state index contributed by atoms with van der Waals surface area (Å²) in [7, 11) is 0. The van der Waals surface area contributed by atoms with Crippen LogP contribution in [0.3, 0.4) is 0 Å². The molecule has 0 spiro atoms. The smallest absolute Gasteiger partial charge is 0.262 e. The molecule has 8 rings (SSSR count). The van der Waals surface area contributed by atoms with Crippen molar-refractivity contribution in [2.75, 3.05) is 57.3 Å². The highest BCUT2D eigenvalue weighted by atomic mass is 35.5. The predicted molar refractivity (Wildman–Crippen MR) is 229 cm³/mol. The molecule has 5 heterocycles. The van der Waals surface area contributed by atoms with E-state index in [9.17, 15) is 28.4 Å². The Labute approximate surface area is 367 Å². The highest BCUT2D eigenvalue weighted by Gasteiger charge is 2.46. The lowest BCUT2D eigenvalue weighted by atomic mass is 9.85. The van der Waals surface area contributed by atoms with Crippen LogP contribution in [-0.2, 0) is 14.4 Å². The lowest BCUT2D eigenvalue weighted by molar-refractivity contribution is -0.136. The van der Waals surface area contributed by atoms with Crippen LogP contribution in [0.2, 0.25) is 5.02 Å². The summed E-state index contributed by atoms with van der Waals surface area (Å²) in [5, 5.41) is 2.58. The maximum Gasteiger partial charge on any atom is 0.262 e. The number of imide groups is 2. The molecule has 1 atom stereocenters. The van der Waals surface area contributed by atoms with Gasteiger partial charge in [-0.3, -0.25) is 34.2 Å². The number of carbonyl (C=O) groups is 5. The maximum atomic E-state index is 16.4. The first-order valence-corrected chi connectivity index (χ1v) is 22.2. The van der Waals surface area contributed by atoms with Crippen LogP contribution in [0.4, 0.5) is 19.0 Å². The lowest BCUT2D eigenvalue weighted by Gasteiger charge is -2.35. The number of fused-ring (bicyclic) bond motifs is 2. The summed E-state index contributed by atoms with van der Waals surface area (Å²) in [4.78, 5) is 78.9. The van der Waals surface area contributed by atoms with E-state index in [1.165, 1.54) is 24.5 Å². The number of hydrogen-bond donors (Lipinski definition) is 1. The van der Waals surface area contributed by atoms with E-state index in [0.717, 1.165) is 56.3 Å². The van der Waals surface area contributed by atoms with Crippen LogP contribution in [0.25, 0.3) is 22.0 Å². The number of benzene rings is 3. The van der Waals surface area contributed by atoms with Crippen molar-refractivity contribution in [3.63, 3.8) is 0 Å². The van der Waals surface area contributed by atoms with Gasteiger partial charge in [0.15, 0.2) is 5.82 Å². The number of piperazine rings is 1. The average molecular weight is 888 g/mol. The summed E-state index contributed by atoms with van der Waals surface area (Å²) >= 11 is 6.73. The van der Waals surface area contributed by atoms with Crippen molar-refractivity contribution in [3.05, 3.63) is 81.9 Å². The molecular weight excluding hydrogens is 839 g/mol. The van der Waals surface area contributed by atoms with Crippen molar-refractivity contribution in [2.45, 2.75) is 83.1 Å². The molecule has 5 amide bonds. The van der Waals surface area contributed by atoms with Gasteiger partial charge in [-0.15, -0.1) is 0 Å². The largest absolute Gasteiger partial charge is 0.493 e. The molecule has 13 nitrogen and oxygen atoms in total. The number of rotatable bonds is 14. The minimum absolute atomic E-state index is 0.00236. The Hall–Kier alpha value is -5.61. The number of hydrogen-bond acceptors (Lipinski definition) is 10. The molecule has 1 aromatic heterocycles. The zero-order chi connectivity index (χ0) is 44.4. The van der Waals surface area contributed by atoms with Crippen LogP contribution >= 0.6 is 11.6 Å². The fourth-order valence-corrected chi connectivity index (χ4v) is 9.67. The van der Waals surface area contributed by atoms with E-state index in [1.807, 2.05) is 11.8 Å². The van der Waals surface area contributed by atoms with Crippen LogP contribution in [-0.4, -0.2) is 113 Å². The predicted octanol–water partition coefficient (Wildman–Crippen LogP) is 7.04. The van der Waals surface area contributed by atoms with Gasteiger partial charge >= 0.3 is 0 Å². The second-order valence-electron chi connectivity index (χ2n) is 16.6. The van der Waals surface area contributed by atoms with Crippen molar-refractivity contribution >= 4 is 57.9 Å². The number of ether oxygens (including phenoxy) is 1. The van der Waals surface area contributed by atoms with Crippen LogP contribution in [0, 0.1) is 17.5 Å². The number of amides is 5. The second-order valence-corrected chi connectivity index (χ2v) is 17.0. The summed E-state index contributed by atoms with van der Waals surface area (Å²) < 4.78 is 52.8. The van der Waals surface area contributed by atoms with Crippen molar-refractivity contribution in [3.8, 4) is 16.9 Å². The molecule has 63 heavy (non-hydrogen) atoms. The van der Waals surface area contributed by atoms with Gasteiger partial charge in [0.25, 0.3) is 11.8 Å². The third-order valence-corrected chi connectivity index (χ3v) is 13.0. The van der Waals surface area contributed by atoms with E-state index >= 15 is 8.78 Å². The monoisotopic (exact) mass is 887 g/mol. The van der Waals surface area contributed by atoms with E-state index in [1.54, 1.807) is 17.0 Å². The van der Waals surface area contributed by atoms with Crippen LogP contribution in [0.5, 0.6) is 5.75 Å². The fraction of sp³-hybridized carbons (Fsp3) is 0.457. The normalized spacial score (nSPS) is 18.7. The van der Waals surface area contributed by atoms with Crippen molar-refractivity contribution in [2.24, 2.45) is 0 Å². The highest BCUT2D eigenvalue weighted by Crippen LogP contribution is 2.43. The lowest BCUT2D eigenvalue weighted by Crippen LogP contribution is -2.54. The summed E-state index contributed by atoms with van der Waals surface area (Å²) in [6.07, 6.45) is 7.55. The Morgan fingerprint density at radius 3 is 2.35 bits per heavy atom.